The van der Waals surface area contributed by atoms with Gasteiger partial charge in [-0.2, -0.15) is 5.10 Å². The highest BCUT2D eigenvalue weighted by Gasteiger charge is 2.03. The lowest BCUT2D eigenvalue weighted by Crippen LogP contribution is -1.97. The number of aromatic nitrogens is 2. The van der Waals surface area contributed by atoms with Gasteiger partial charge < -0.3 is 10.5 Å². The van der Waals surface area contributed by atoms with E-state index in [1.165, 1.54) is 0 Å². The van der Waals surface area contributed by atoms with Crippen molar-refractivity contribution in [2.75, 3.05) is 12.8 Å². The van der Waals surface area contributed by atoms with Gasteiger partial charge in [-0.25, -0.2) is 4.68 Å². The van der Waals surface area contributed by atoms with Gasteiger partial charge in [-0.1, -0.05) is 0 Å². The summed E-state index contributed by atoms with van der Waals surface area (Å²) in [4.78, 5) is 0. The summed E-state index contributed by atoms with van der Waals surface area (Å²) in [6.07, 6.45) is 3.73. The Kier molecular flexibility index (Phi) is 2.81. The Morgan fingerprint density at radius 2 is 2.27 bits per heavy atom. The molecule has 0 unspecified atom stereocenters. The van der Waals surface area contributed by atoms with Crippen LogP contribution in [0.5, 0.6) is 5.75 Å². The van der Waals surface area contributed by atoms with Crippen molar-refractivity contribution in [1.29, 1.82) is 0 Å². The molecule has 0 bridgehead atoms. The minimum atomic E-state index is 0.628. The first-order chi connectivity index (χ1) is 7.20. The fourth-order valence-corrected chi connectivity index (χ4v) is 1.67. The van der Waals surface area contributed by atoms with Crippen molar-refractivity contribution in [3.05, 3.63) is 34.2 Å². The highest BCUT2D eigenvalue weighted by molar-refractivity contribution is 14.1. The summed E-state index contributed by atoms with van der Waals surface area (Å²) in [5.74, 6) is 0.665. The molecule has 5 heteroatoms. The molecule has 1 heterocycles. The first-order valence-corrected chi connectivity index (χ1v) is 5.42. The van der Waals surface area contributed by atoms with Crippen molar-refractivity contribution in [1.82, 2.24) is 9.78 Å². The number of halogens is 1. The van der Waals surface area contributed by atoms with E-state index in [1.807, 2.05) is 24.4 Å². The molecule has 2 rings (SSSR count). The molecular formula is C10H10IN3O. The average Bonchev–Trinajstić information content (AvgIpc) is 2.66. The number of hydrogen-bond acceptors (Lipinski definition) is 3. The van der Waals surface area contributed by atoms with Crippen molar-refractivity contribution < 1.29 is 4.74 Å². The van der Waals surface area contributed by atoms with Crippen LogP contribution in [0.2, 0.25) is 0 Å². The Labute approximate surface area is 101 Å². The number of ether oxygens (including phenoxy) is 1. The lowest BCUT2D eigenvalue weighted by atomic mass is 10.2. The van der Waals surface area contributed by atoms with Crippen LogP contribution < -0.4 is 10.5 Å². The van der Waals surface area contributed by atoms with Crippen LogP contribution in [0.4, 0.5) is 5.69 Å². The van der Waals surface area contributed by atoms with Crippen molar-refractivity contribution in [3.63, 3.8) is 0 Å². The minimum absolute atomic E-state index is 0.628. The molecule has 2 aromatic rings. The van der Waals surface area contributed by atoms with Gasteiger partial charge in [-0.3, -0.25) is 0 Å². The van der Waals surface area contributed by atoms with E-state index in [0.717, 1.165) is 9.26 Å². The van der Waals surface area contributed by atoms with E-state index in [9.17, 15) is 0 Å². The Balaban J connectivity index is 2.45. The van der Waals surface area contributed by atoms with Gasteiger partial charge in [-0.05, 0) is 34.7 Å². The molecule has 0 amide bonds. The molecule has 0 radical (unpaired) electrons. The fourth-order valence-electron chi connectivity index (χ4n) is 1.28. The van der Waals surface area contributed by atoms with Gasteiger partial charge in [0.15, 0.2) is 0 Å². The van der Waals surface area contributed by atoms with Crippen LogP contribution in [-0.4, -0.2) is 16.9 Å². The summed E-state index contributed by atoms with van der Waals surface area (Å²) in [7, 11) is 1.60. The largest absolute Gasteiger partial charge is 0.495 e. The zero-order valence-corrected chi connectivity index (χ0v) is 10.3. The van der Waals surface area contributed by atoms with Gasteiger partial charge in [0.25, 0.3) is 0 Å². The molecule has 0 aliphatic heterocycles. The van der Waals surface area contributed by atoms with Crippen LogP contribution in [0.1, 0.15) is 0 Å². The van der Waals surface area contributed by atoms with Gasteiger partial charge in [0.1, 0.15) is 5.75 Å². The number of anilines is 1. The summed E-state index contributed by atoms with van der Waals surface area (Å²) in [6, 6.07) is 5.57. The average molecular weight is 315 g/mol. The second-order valence-corrected chi connectivity index (χ2v) is 4.28. The van der Waals surface area contributed by atoms with E-state index >= 15 is 0 Å². The van der Waals surface area contributed by atoms with Crippen molar-refractivity contribution in [3.8, 4) is 11.4 Å². The lowest BCUT2D eigenvalue weighted by Gasteiger charge is -2.07. The monoisotopic (exact) mass is 315 g/mol. The Hall–Kier alpha value is -1.24. The van der Waals surface area contributed by atoms with E-state index in [4.69, 9.17) is 10.5 Å². The van der Waals surface area contributed by atoms with Crippen LogP contribution in [0, 0.1) is 3.57 Å². The van der Waals surface area contributed by atoms with E-state index < -0.39 is 0 Å². The topological polar surface area (TPSA) is 53.1 Å². The van der Waals surface area contributed by atoms with E-state index in [-0.39, 0.29) is 0 Å². The molecule has 0 aliphatic carbocycles. The van der Waals surface area contributed by atoms with E-state index in [0.29, 0.717) is 11.4 Å². The number of rotatable bonds is 2. The normalized spacial score (nSPS) is 10.3. The highest BCUT2D eigenvalue weighted by atomic mass is 127. The Morgan fingerprint density at radius 3 is 2.87 bits per heavy atom. The third-order valence-corrected chi connectivity index (χ3v) is 2.59. The van der Waals surface area contributed by atoms with Crippen molar-refractivity contribution >= 4 is 28.3 Å². The predicted molar refractivity (Wildman–Crippen MR) is 67.2 cm³/mol. The highest BCUT2D eigenvalue weighted by Crippen LogP contribution is 2.24. The fraction of sp³-hybridized carbons (Fsp3) is 0.100. The molecule has 4 nitrogen and oxygen atoms in total. The molecule has 0 saturated carbocycles. The van der Waals surface area contributed by atoms with Gasteiger partial charge >= 0.3 is 0 Å². The predicted octanol–water partition coefficient (Wildman–Crippen LogP) is 2.07. The van der Waals surface area contributed by atoms with Gasteiger partial charge in [-0.15, -0.1) is 0 Å². The molecular weight excluding hydrogens is 305 g/mol. The molecule has 1 aromatic heterocycles. The minimum Gasteiger partial charge on any atom is -0.495 e. The van der Waals surface area contributed by atoms with Crippen LogP contribution in [0.25, 0.3) is 5.69 Å². The molecule has 0 saturated heterocycles. The first kappa shape index (κ1) is 10.3. The molecule has 78 valence electrons. The van der Waals surface area contributed by atoms with Gasteiger partial charge in [0.2, 0.25) is 0 Å². The maximum Gasteiger partial charge on any atom is 0.143 e. The maximum atomic E-state index is 5.73. The van der Waals surface area contributed by atoms with Crippen LogP contribution in [-0.2, 0) is 0 Å². The van der Waals surface area contributed by atoms with Crippen LogP contribution in [0.3, 0.4) is 0 Å². The number of nitrogens with zero attached hydrogens (tertiary/aromatic N) is 2. The number of methoxy groups -OCH3 is 1. The molecule has 15 heavy (non-hydrogen) atoms. The Morgan fingerprint density at radius 1 is 1.47 bits per heavy atom. The maximum absolute atomic E-state index is 5.73. The molecule has 0 fully saturated rings. The molecule has 0 atom stereocenters. The van der Waals surface area contributed by atoms with E-state index in [2.05, 4.69) is 27.7 Å². The van der Waals surface area contributed by atoms with Gasteiger partial charge in [0.05, 0.1) is 28.3 Å². The van der Waals surface area contributed by atoms with Crippen molar-refractivity contribution in [2.24, 2.45) is 0 Å². The van der Waals surface area contributed by atoms with E-state index in [1.54, 1.807) is 18.0 Å². The summed E-state index contributed by atoms with van der Waals surface area (Å²) in [5, 5.41) is 4.20. The first-order valence-electron chi connectivity index (χ1n) is 4.35. The lowest BCUT2D eigenvalue weighted by molar-refractivity contribution is 0.416. The third-order valence-electron chi connectivity index (χ3n) is 2.03. The summed E-state index contributed by atoms with van der Waals surface area (Å²) in [5.41, 5.74) is 7.29. The standard InChI is InChI=1S/C10H10IN3O/c1-15-10-4-8(2-3-9(10)12)14-6-7(11)5-13-14/h2-6H,12H2,1H3. The molecule has 2 N–H and O–H groups in total. The molecule has 0 aliphatic rings. The summed E-state index contributed by atoms with van der Waals surface area (Å²) < 4.78 is 8.01. The molecule has 1 aromatic carbocycles. The van der Waals surface area contributed by atoms with Crippen LogP contribution in [0.15, 0.2) is 30.6 Å². The summed E-state index contributed by atoms with van der Waals surface area (Å²) >= 11 is 2.21. The quantitative estimate of drug-likeness (QED) is 0.682. The number of benzene rings is 1. The van der Waals surface area contributed by atoms with Crippen molar-refractivity contribution in [2.45, 2.75) is 0 Å². The van der Waals surface area contributed by atoms with Gasteiger partial charge in [0, 0.05) is 12.3 Å². The van der Waals surface area contributed by atoms with Crippen LogP contribution >= 0.6 is 22.6 Å². The number of nitrogens with two attached hydrogens (primary N) is 1. The zero-order chi connectivity index (χ0) is 10.8. The number of hydrogen-bond donors (Lipinski definition) is 1. The number of nitrogen functional groups attached to an aromatic ring is 1. The molecule has 0 spiro atoms. The Bertz CT molecular complexity index is 481. The second-order valence-electron chi connectivity index (χ2n) is 3.03. The SMILES string of the molecule is COc1cc(-n2cc(I)cn2)ccc1N. The smallest absolute Gasteiger partial charge is 0.143 e. The summed E-state index contributed by atoms with van der Waals surface area (Å²) in [6.45, 7) is 0. The third kappa shape index (κ3) is 2.06. The zero-order valence-electron chi connectivity index (χ0n) is 8.14. The second kappa shape index (κ2) is 4.09.